The number of non-ortho nitro benzene ring substituents is 1. The predicted molar refractivity (Wildman–Crippen MR) is 84.1 cm³/mol. The number of nitrogens with zero attached hydrogens (tertiary/aromatic N) is 2. The maximum atomic E-state index is 12.3. The first-order valence-electron chi connectivity index (χ1n) is 7.43. The van der Waals surface area contributed by atoms with Gasteiger partial charge in [-0.25, -0.2) is 0 Å². The zero-order chi connectivity index (χ0) is 17.0. The average molecular weight is 320 g/mol. The molecule has 1 aromatic carbocycles. The van der Waals surface area contributed by atoms with E-state index in [1.807, 2.05) is 0 Å². The molecule has 1 aliphatic rings. The number of rotatable bonds is 5. The van der Waals surface area contributed by atoms with Crippen LogP contribution in [0.5, 0.6) is 0 Å². The van der Waals surface area contributed by atoms with Gasteiger partial charge in [-0.1, -0.05) is 6.07 Å². The van der Waals surface area contributed by atoms with Crippen LogP contribution in [0.15, 0.2) is 24.3 Å². The highest BCUT2D eigenvalue weighted by atomic mass is 16.6. The van der Waals surface area contributed by atoms with Gasteiger partial charge in [0.05, 0.1) is 4.92 Å². The summed E-state index contributed by atoms with van der Waals surface area (Å²) in [6.07, 6.45) is 0.883. The highest BCUT2D eigenvalue weighted by molar-refractivity contribution is 5.97. The van der Waals surface area contributed by atoms with Crippen LogP contribution in [0, 0.1) is 10.1 Å². The van der Waals surface area contributed by atoms with Crippen molar-refractivity contribution in [2.45, 2.75) is 25.4 Å². The maximum absolute atomic E-state index is 12.3. The highest BCUT2D eigenvalue weighted by Crippen LogP contribution is 2.13. The number of hydrogen-bond acceptors (Lipinski definition) is 5. The summed E-state index contributed by atoms with van der Waals surface area (Å²) in [5.41, 5.74) is -0.00480. The van der Waals surface area contributed by atoms with Gasteiger partial charge in [0.15, 0.2) is 0 Å². The van der Waals surface area contributed by atoms with Gasteiger partial charge in [0, 0.05) is 37.3 Å². The smallest absolute Gasteiger partial charge is 0.270 e. The molecule has 0 aromatic heterocycles. The molecule has 0 aliphatic carbocycles. The summed E-state index contributed by atoms with van der Waals surface area (Å²) in [4.78, 5) is 36.3. The number of amides is 2. The van der Waals surface area contributed by atoms with Crippen LogP contribution < -0.4 is 10.6 Å². The maximum Gasteiger partial charge on any atom is 0.270 e. The summed E-state index contributed by atoms with van der Waals surface area (Å²) >= 11 is 0. The minimum atomic E-state index is -0.702. The highest BCUT2D eigenvalue weighted by Gasteiger charge is 2.27. The van der Waals surface area contributed by atoms with E-state index >= 15 is 0 Å². The minimum Gasteiger partial charge on any atom is -0.341 e. The van der Waals surface area contributed by atoms with Crippen LogP contribution in [0.25, 0.3) is 0 Å². The van der Waals surface area contributed by atoms with E-state index in [1.54, 1.807) is 18.9 Å². The van der Waals surface area contributed by atoms with E-state index in [9.17, 15) is 19.7 Å². The first-order chi connectivity index (χ1) is 10.9. The SMILES string of the molecule is CC(NC(=O)c1cccc([N+](=O)[O-])c1)C(=O)N(C)C1CCNC1. The fraction of sp³-hybridized carbons (Fsp3) is 0.467. The molecule has 0 saturated carbocycles. The monoisotopic (exact) mass is 320 g/mol. The lowest BCUT2D eigenvalue weighted by Crippen LogP contribution is -2.49. The summed E-state index contributed by atoms with van der Waals surface area (Å²) in [6.45, 7) is 3.22. The second-order valence-corrected chi connectivity index (χ2v) is 5.60. The van der Waals surface area contributed by atoms with Crippen molar-refractivity contribution in [2.24, 2.45) is 0 Å². The molecule has 1 fully saturated rings. The molecule has 8 nitrogen and oxygen atoms in total. The molecule has 0 spiro atoms. The number of benzene rings is 1. The van der Waals surface area contributed by atoms with Crippen LogP contribution in [0.1, 0.15) is 23.7 Å². The van der Waals surface area contributed by atoms with Gasteiger partial charge in [0.1, 0.15) is 6.04 Å². The largest absolute Gasteiger partial charge is 0.341 e. The van der Waals surface area contributed by atoms with E-state index in [0.717, 1.165) is 19.5 Å². The van der Waals surface area contributed by atoms with Crippen molar-refractivity contribution >= 4 is 17.5 Å². The zero-order valence-electron chi connectivity index (χ0n) is 13.1. The second-order valence-electron chi connectivity index (χ2n) is 5.60. The van der Waals surface area contributed by atoms with E-state index in [0.29, 0.717) is 0 Å². The number of nitro benzene ring substituents is 1. The average Bonchev–Trinajstić information content (AvgIpc) is 3.07. The molecule has 1 heterocycles. The quantitative estimate of drug-likeness (QED) is 0.608. The Morgan fingerprint density at radius 1 is 1.48 bits per heavy atom. The van der Waals surface area contributed by atoms with Crippen LogP contribution in [0.4, 0.5) is 5.69 Å². The summed E-state index contributed by atoms with van der Waals surface area (Å²) in [5, 5.41) is 16.5. The third kappa shape index (κ3) is 4.04. The van der Waals surface area contributed by atoms with Crippen molar-refractivity contribution in [1.29, 1.82) is 0 Å². The van der Waals surface area contributed by atoms with Crippen molar-refractivity contribution < 1.29 is 14.5 Å². The Bertz CT molecular complexity index is 613. The van der Waals surface area contributed by atoms with Gasteiger partial charge in [0.2, 0.25) is 5.91 Å². The van der Waals surface area contributed by atoms with Crippen molar-refractivity contribution in [1.82, 2.24) is 15.5 Å². The Balaban J connectivity index is 2.00. The minimum absolute atomic E-state index is 0.125. The van der Waals surface area contributed by atoms with Crippen molar-refractivity contribution in [2.75, 3.05) is 20.1 Å². The molecule has 2 atom stereocenters. The topological polar surface area (TPSA) is 105 Å². The van der Waals surface area contributed by atoms with Crippen molar-refractivity contribution in [3.8, 4) is 0 Å². The Morgan fingerprint density at radius 3 is 2.83 bits per heavy atom. The van der Waals surface area contributed by atoms with E-state index in [1.165, 1.54) is 24.3 Å². The normalized spacial score (nSPS) is 18.3. The van der Waals surface area contributed by atoms with Gasteiger partial charge in [-0.2, -0.15) is 0 Å². The van der Waals surface area contributed by atoms with E-state index in [2.05, 4.69) is 10.6 Å². The molecule has 8 heteroatoms. The lowest BCUT2D eigenvalue weighted by atomic mass is 10.1. The lowest BCUT2D eigenvalue weighted by molar-refractivity contribution is -0.384. The number of carbonyl (C=O) groups is 2. The molecule has 124 valence electrons. The Labute approximate surface area is 134 Å². The van der Waals surface area contributed by atoms with Crippen LogP contribution in [-0.4, -0.2) is 53.9 Å². The molecule has 0 radical (unpaired) electrons. The van der Waals surface area contributed by atoms with Crippen molar-refractivity contribution in [3.63, 3.8) is 0 Å². The lowest BCUT2D eigenvalue weighted by Gasteiger charge is -2.27. The molecule has 0 bridgehead atoms. The Kier molecular flexibility index (Phi) is 5.28. The van der Waals surface area contributed by atoms with Crippen LogP contribution in [0.3, 0.4) is 0 Å². The zero-order valence-corrected chi connectivity index (χ0v) is 13.1. The second kappa shape index (κ2) is 7.19. The van der Waals surface area contributed by atoms with Gasteiger partial charge < -0.3 is 15.5 Å². The first-order valence-corrected chi connectivity index (χ1v) is 7.43. The van der Waals surface area contributed by atoms with Gasteiger partial charge in [-0.3, -0.25) is 19.7 Å². The molecule has 2 rings (SSSR count). The fourth-order valence-corrected chi connectivity index (χ4v) is 2.56. The van der Waals surface area contributed by atoms with Gasteiger partial charge >= 0.3 is 0 Å². The van der Waals surface area contributed by atoms with E-state index in [4.69, 9.17) is 0 Å². The Morgan fingerprint density at radius 2 is 2.22 bits per heavy atom. The third-order valence-corrected chi connectivity index (χ3v) is 3.97. The van der Waals surface area contributed by atoms with Crippen molar-refractivity contribution in [3.05, 3.63) is 39.9 Å². The molecule has 1 saturated heterocycles. The third-order valence-electron chi connectivity index (χ3n) is 3.97. The molecule has 2 amide bonds. The summed E-state index contributed by atoms with van der Waals surface area (Å²) in [7, 11) is 1.72. The molecular weight excluding hydrogens is 300 g/mol. The molecular formula is C15H20N4O4. The number of hydrogen-bond donors (Lipinski definition) is 2. The summed E-state index contributed by atoms with van der Waals surface area (Å²) in [5.74, 6) is -0.690. The standard InChI is InChI=1S/C15H20N4O4/c1-10(15(21)18(2)13-6-7-16-9-13)17-14(20)11-4-3-5-12(8-11)19(22)23/h3-5,8,10,13,16H,6-7,9H2,1-2H3,(H,17,20). The van der Waals surface area contributed by atoms with Gasteiger partial charge in [-0.15, -0.1) is 0 Å². The fourth-order valence-electron chi connectivity index (χ4n) is 2.56. The van der Waals surface area contributed by atoms with Crippen LogP contribution in [-0.2, 0) is 4.79 Å². The molecule has 1 aliphatic heterocycles. The molecule has 2 unspecified atom stereocenters. The number of nitro groups is 1. The first kappa shape index (κ1) is 16.9. The van der Waals surface area contributed by atoms with Gasteiger partial charge in [-0.05, 0) is 26.0 Å². The number of nitrogens with one attached hydrogen (secondary N) is 2. The van der Waals surface area contributed by atoms with Crippen LogP contribution >= 0.6 is 0 Å². The summed E-state index contributed by atoms with van der Waals surface area (Å²) < 4.78 is 0. The molecule has 2 N–H and O–H groups in total. The Hall–Kier alpha value is -2.48. The molecule has 23 heavy (non-hydrogen) atoms. The number of carbonyl (C=O) groups excluding carboxylic acids is 2. The predicted octanol–water partition coefficient (Wildman–Crippen LogP) is 0.533. The summed E-state index contributed by atoms with van der Waals surface area (Å²) in [6, 6.07) is 4.84. The van der Waals surface area contributed by atoms with E-state index < -0.39 is 16.9 Å². The molecule has 1 aromatic rings. The van der Waals surface area contributed by atoms with Gasteiger partial charge in [0.25, 0.3) is 11.6 Å². The van der Waals surface area contributed by atoms with E-state index in [-0.39, 0.29) is 23.2 Å². The van der Waals surface area contributed by atoms with Crippen LogP contribution in [0.2, 0.25) is 0 Å². The number of likely N-dealkylation sites (N-methyl/N-ethyl adjacent to an activating group) is 1.